The predicted octanol–water partition coefficient (Wildman–Crippen LogP) is 3.42. The third kappa shape index (κ3) is 4.58. The molecule has 170 valence electrons. The Balaban J connectivity index is 1.08. The lowest BCUT2D eigenvalue weighted by Gasteiger charge is -2.56. The highest BCUT2D eigenvalue weighted by molar-refractivity contribution is 5.78. The van der Waals surface area contributed by atoms with E-state index in [0.29, 0.717) is 18.4 Å². The van der Waals surface area contributed by atoms with E-state index in [1.165, 1.54) is 19.3 Å². The van der Waals surface area contributed by atoms with Crippen LogP contribution in [0.3, 0.4) is 0 Å². The molecule has 6 rings (SSSR count). The smallest absolute Gasteiger partial charge is 0.315 e. The van der Waals surface area contributed by atoms with Gasteiger partial charge in [-0.1, -0.05) is 19.0 Å². The van der Waals surface area contributed by atoms with Gasteiger partial charge in [-0.25, -0.2) is 4.79 Å². The summed E-state index contributed by atoms with van der Waals surface area (Å²) in [5.74, 6) is 4.00. The quantitative estimate of drug-likeness (QED) is 0.587. The van der Waals surface area contributed by atoms with E-state index in [-0.39, 0.29) is 35.9 Å². The van der Waals surface area contributed by atoms with E-state index >= 15 is 0 Å². The minimum atomic E-state index is -0.312. The molecular weight excluding hydrogens is 394 g/mol. The molecule has 0 radical (unpaired) electrons. The van der Waals surface area contributed by atoms with E-state index in [1.54, 1.807) is 0 Å². The van der Waals surface area contributed by atoms with Crippen LogP contribution in [0.5, 0.6) is 0 Å². The average molecular weight is 430 g/mol. The van der Waals surface area contributed by atoms with Crippen molar-refractivity contribution in [1.29, 1.82) is 0 Å². The van der Waals surface area contributed by atoms with Gasteiger partial charge in [-0.2, -0.15) is 4.98 Å². The minimum absolute atomic E-state index is 0.0128. The summed E-state index contributed by atoms with van der Waals surface area (Å²) >= 11 is 0. The highest BCUT2D eigenvalue weighted by Crippen LogP contribution is 2.55. The topological polar surface area (TPSA) is 109 Å². The number of carbonyl (C=O) groups excluding carboxylic acids is 2. The van der Waals surface area contributed by atoms with E-state index < -0.39 is 0 Å². The molecule has 1 atom stereocenters. The Morgan fingerprint density at radius 1 is 1.10 bits per heavy atom. The standard InChI is InChI=1S/C23H35N5O3/c1-13(2)19(21-26-20(28-31-21)17-3-4-17)25-18(29)5-6-24-22(30)27-23-10-14-7-15(11-23)9-16(8-14)12-23/h13-17,19H,3-12H2,1-2H3,(H,25,29)(H2,24,27,30). The largest absolute Gasteiger partial charge is 0.344 e. The van der Waals surface area contributed by atoms with Crippen LogP contribution in [0.2, 0.25) is 0 Å². The van der Waals surface area contributed by atoms with Crippen LogP contribution >= 0.6 is 0 Å². The third-order valence-corrected chi connectivity index (χ3v) is 7.70. The van der Waals surface area contributed by atoms with Crippen molar-refractivity contribution in [2.45, 2.75) is 89.1 Å². The SMILES string of the molecule is CC(C)C(NC(=O)CCNC(=O)NC12CC3CC(CC(C3)C1)C2)c1nc(C2CC2)no1. The van der Waals surface area contributed by atoms with Gasteiger partial charge in [-0.15, -0.1) is 0 Å². The Labute approximate surface area is 183 Å². The first kappa shape index (κ1) is 20.8. The van der Waals surface area contributed by atoms with Gasteiger partial charge in [0.2, 0.25) is 11.8 Å². The summed E-state index contributed by atoms with van der Waals surface area (Å²) in [6.07, 6.45) is 9.85. The molecule has 8 nitrogen and oxygen atoms in total. The molecule has 3 N–H and O–H groups in total. The molecule has 1 aromatic rings. The Morgan fingerprint density at radius 3 is 2.32 bits per heavy atom. The van der Waals surface area contributed by atoms with Gasteiger partial charge in [0.1, 0.15) is 6.04 Å². The molecule has 1 unspecified atom stereocenters. The fraction of sp³-hybridized carbons (Fsp3) is 0.826. The zero-order valence-corrected chi connectivity index (χ0v) is 18.7. The minimum Gasteiger partial charge on any atom is -0.344 e. The van der Waals surface area contributed by atoms with E-state index in [2.05, 4.69) is 26.1 Å². The lowest BCUT2D eigenvalue weighted by Crippen LogP contribution is -2.61. The van der Waals surface area contributed by atoms with Gasteiger partial charge in [0.05, 0.1) is 0 Å². The molecule has 4 bridgehead atoms. The molecule has 5 aliphatic carbocycles. The second-order valence-electron chi connectivity index (χ2n) is 10.9. The van der Waals surface area contributed by atoms with Crippen LogP contribution in [-0.2, 0) is 4.79 Å². The number of nitrogens with one attached hydrogen (secondary N) is 3. The molecule has 8 heteroatoms. The maximum Gasteiger partial charge on any atom is 0.315 e. The number of hydrogen-bond donors (Lipinski definition) is 3. The average Bonchev–Trinajstić information content (AvgIpc) is 3.42. The highest BCUT2D eigenvalue weighted by Gasteiger charge is 2.51. The number of aromatic nitrogens is 2. The number of carbonyl (C=O) groups is 2. The second-order valence-corrected chi connectivity index (χ2v) is 10.9. The number of amides is 3. The molecule has 1 aromatic heterocycles. The van der Waals surface area contributed by atoms with Crippen molar-refractivity contribution in [1.82, 2.24) is 26.1 Å². The van der Waals surface area contributed by atoms with Crippen molar-refractivity contribution in [3.05, 3.63) is 11.7 Å². The van der Waals surface area contributed by atoms with E-state index in [9.17, 15) is 9.59 Å². The number of hydrogen-bond acceptors (Lipinski definition) is 5. The van der Waals surface area contributed by atoms with Gasteiger partial charge in [0.15, 0.2) is 5.82 Å². The number of rotatable bonds is 8. The number of nitrogens with zero attached hydrogens (tertiary/aromatic N) is 2. The molecule has 5 saturated carbocycles. The molecular formula is C23H35N5O3. The molecule has 5 fully saturated rings. The van der Waals surface area contributed by atoms with Crippen LogP contribution in [0.1, 0.15) is 95.3 Å². The van der Waals surface area contributed by atoms with Crippen molar-refractivity contribution in [2.75, 3.05) is 6.54 Å². The third-order valence-electron chi connectivity index (χ3n) is 7.70. The summed E-state index contributed by atoms with van der Waals surface area (Å²) in [5, 5.41) is 13.2. The van der Waals surface area contributed by atoms with E-state index in [1.807, 2.05) is 13.8 Å². The normalized spacial score (nSPS) is 32.2. The summed E-state index contributed by atoms with van der Waals surface area (Å²) in [6.45, 7) is 4.35. The fourth-order valence-corrected chi connectivity index (χ4v) is 6.48. The molecule has 0 saturated heterocycles. The molecule has 1 heterocycles. The van der Waals surface area contributed by atoms with Crippen LogP contribution in [-0.4, -0.2) is 34.2 Å². The summed E-state index contributed by atoms with van der Waals surface area (Å²) in [6, 6.07) is -0.450. The van der Waals surface area contributed by atoms with Crippen molar-refractivity contribution >= 4 is 11.9 Å². The van der Waals surface area contributed by atoms with Crippen molar-refractivity contribution in [3.8, 4) is 0 Å². The maximum atomic E-state index is 12.5. The van der Waals surface area contributed by atoms with Crippen LogP contribution in [0.25, 0.3) is 0 Å². The van der Waals surface area contributed by atoms with Crippen molar-refractivity contribution < 1.29 is 14.1 Å². The van der Waals surface area contributed by atoms with Crippen molar-refractivity contribution in [2.24, 2.45) is 23.7 Å². The number of urea groups is 1. The summed E-state index contributed by atoms with van der Waals surface area (Å²) in [4.78, 5) is 29.5. The van der Waals surface area contributed by atoms with E-state index in [0.717, 1.165) is 55.7 Å². The van der Waals surface area contributed by atoms with Crippen molar-refractivity contribution in [3.63, 3.8) is 0 Å². The second kappa shape index (κ2) is 8.10. The van der Waals surface area contributed by atoms with Gasteiger partial charge in [0.25, 0.3) is 0 Å². The predicted molar refractivity (Wildman–Crippen MR) is 114 cm³/mol. The Kier molecular flexibility index (Phi) is 5.42. The van der Waals surface area contributed by atoms with Crippen LogP contribution < -0.4 is 16.0 Å². The van der Waals surface area contributed by atoms with Crippen LogP contribution in [0.15, 0.2) is 4.52 Å². The molecule has 3 amide bonds. The van der Waals surface area contributed by atoms with E-state index in [4.69, 9.17) is 4.52 Å². The summed E-state index contributed by atoms with van der Waals surface area (Å²) in [5.41, 5.74) is -0.0128. The van der Waals surface area contributed by atoms with Crippen LogP contribution in [0.4, 0.5) is 4.79 Å². The molecule has 31 heavy (non-hydrogen) atoms. The Hall–Kier alpha value is -2.12. The Morgan fingerprint density at radius 2 is 1.74 bits per heavy atom. The fourth-order valence-electron chi connectivity index (χ4n) is 6.48. The monoisotopic (exact) mass is 429 g/mol. The molecule has 0 spiro atoms. The summed E-state index contributed by atoms with van der Waals surface area (Å²) in [7, 11) is 0. The first-order valence-corrected chi connectivity index (χ1v) is 12.1. The first-order valence-electron chi connectivity index (χ1n) is 12.1. The van der Waals surface area contributed by atoms with Gasteiger partial charge in [-0.3, -0.25) is 4.79 Å². The van der Waals surface area contributed by atoms with Crippen LogP contribution in [0, 0.1) is 23.7 Å². The van der Waals surface area contributed by atoms with Gasteiger partial charge in [0, 0.05) is 24.4 Å². The summed E-state index contributed by atoms with van der Waals surface area (Å²) < 4.78 is 5.41. The van der Waals surface area contributed by atoms with Gasteiger partial charge < -0.3 is 20.5 Å². The lowest BCUT2D eigenvalue weighted by molar-refractivity contribution is -0.122. The lowest BCUT2D eigenvalue weighted by atomic mass is 9.53. The highest BCUT2D eigenvalue weighted by atomic mass is 16.5. The van der Waals surface area contributed by atoms with Gasteiger partial charge >= 0.3 is 6.03 Å². The molecule has 5 aliphatic rings. The zero-order chi connectivity index (χ0) is 21.6. The van der Waals surface area contributed by atoms with Gasteiger partial charge in [-0.05, 0) is 75.0 Å². The molecule has 0 aromatic carbocycles. The first-order chi connectivity index (χ1) is 14.9. The molecule has 0 aliphatic heterocycles. The Bertz CT molecular complexity index is 796. The maximum absolute atomic E-state index is 12.5. The zero-order valence-electron chi connectivity index (χ0n) is 18.7.